The van der Waals surface area contributed by atoms with E-state index < -0.39 is 10.0 Å². The van der Waals surface area contributed by atoms with E-state index in [1.807, 2.05) is 0 Å². The number of sulfonamides is 1. The molecule has 0 aliphatic carbocycles. The van der Waals surface area contributed by atoms with Crippen LogP contribution in [0.25, 0.3) is 0 Å². The minimum absolute atomic E-state index is 0.0511. The van der Waals surface area contributed by atoms with Crippen LogP contribution in [0.15, 0.2) is 33.8 Å². The Labute approximate surface area is 120 Å². The molecule has 0 bridgehead atoms. The predicted octanol–water partition coefficient (Wildman–Crippen LogP) is 1.21. The fourth-order valence-electron chi connectivity index (χ4n) is 1.60. The van der Waals surface area contributed by atoms with E-state index in [-0.39, 0.29) is 11.6 Å². The first-order chi connectivity index (χ1) is 9.37. The van der Waals surface area contributed by atoms with Crippen molar-refractivity contribution >= 4 is 10.0 Å². The summed E-state index contributed by atoms with van der Waals surface area (Å²) in [4.78, 5) is 0. The zero-order chi connectivity index (χ0) is 15.2. The summed E-state index contributed by atoms with van der Waals surface area (Å²) in [6.45, 7) is 7.48. The highest BCUT2D eigenvalue weighted by Crippen LogP contribution is 2.18. The van der Waals surface area contributed by atoms with Crippen molar-refractivity contribution in [3.05, 3.63) is 30.0 Å². The van der Waals surface area contributed by atoms with Gasteiger partial charge in [0, 0.05) is 27.2 Å². The van der Waals surface area contributed by atoms with Crippen LogP contribution in [0, 0.1) is 0 Å². The van der Waals surface area contributed by atoms with Crippen molar-refractivity contribution in [2.45, 2.75) is 18.6 Å². The Hall–Kier alpha value is -1.15. The van der Waals surface area contributed by atoms with Gasteiger partial charge in [-0.1, -0.05) is 12.2 Å². The largest absolute Gasteiger partial charge is 0.447 e. The Morgan fingerprint density at radius 3 is 2.80 bits per heavy atom. The van der Waals surface area contributed by atoms with Crippen molar-refractivity contribution in [3.63, 3.8) is 0 Å². The second kappa shape index (κ2) is 7.58. The van der Waals surface area contributed by atoms with Crippen LogP contribution in [-0.2, 0) is 21.3 Å². The van der Waals surface area contributed by atoms with Gasteiger partial charge in [-0.15, -0.1) is 0 Å². The van der Waals surface area contributed by atoms with Crippen LogP contribution in [0.2, 0.25) is 0 Å². The first-order valence-electron chi connectivity index (χ1n) is 6.27. The van der Waals surface area contributed by atoms with Crippen LogP contribution in [0.3, 0.4) is 0 Å². The maximum atomic E-state index is 12.2. The molecule has 1 rings (SSSR count). The number of hydrogen-bond acceptors (Lipinski definition) is 5. The number of nitrogens with zero attached hydrogens (tertiary/aromatic N) is 1. The third-order valence-electron chi connectivity index (χ3n) is 2.58. The average Bonchev–Trinajstić information content (AvgIpc) is 2.83. The summed E-state index contributed by atoms with van der Waals surface area (Å²) in [6, 6.07) is 3.12. The van der Waals surface area contributed by atoms with Gasteiger partial charge >= 0.3 is 0 Å². The van der Waals surface area contributed by atoms with Gasteiger partial charge < -0.3 is 14.5 Å². The zero-order valence-electron chi connectivity index (χ0n) is 12.2. The van der Waals surface area contributed by atoms with E-state index >= 15 is 0 Å². The molecule has 0 fully saturated rings. The maximum absolute atomic E-state index is 12.2. The van der Waals surface area contributed by atoms with Crippen LogP contribution in [-0.4, -0.2) is 46.6 Å². The molecule has 1 N–H and O–H groups in total. The van der Waals surface area contributed by atoms with Crippen molar-refractivity contribution in [2.24, 2.45) is 0 Å². The fourth-order valence-corrected chi connectivity index (χ4v) is 2.75. The summed E-state index contributed by atoms with van der Waals surface area (Å²) in [5.74, 6) is 0.573. The van der Waals surface area contributed by atoms with E-state index in [1.54, 1.807) is 20.1 Å². The number of likely N-dealkylation sites (N-methyl/N-ethyl adjacent to an activating group) is 1. The molecule has 0 aromatic carbocycles. The molecule has 0 radical (unpaired) electrons. The third kappa shape index (κ3) is 4.75. The van der Waals surface area contributed by atoms with E-state index in [9.17, 15) is 8.42 Å². The fraction of sp³-hybridized carbons (Fsp3) is 0.538. The molecular formula is C13H22N2O4S. The van der Waals surface area contributed by atoms with Crippen LogP contribution in [0.5, 0.6) is 0 Å². The summed E-state index contributed by atoms with van der Waals surface area (Å²) in [7, 11) is -0.470. The monoisotopic (exact) mass is 302 g/mol. The van der Waals surface area contributed by atoms with Crippen molar-refractivity contribution in [1.82, 2.24) is 9.62 Å². The van der Waals surface area contributed by atoms with Crippen molar-refractivity contribution in [1.29, 1.82) is 0 Å². The number of hydrogen-bond donors (Lipinski definition) is 1. The minimum atomic E-state index is -3.60. The summed E-state index contributed by atoms with van der Waals surface area (Å²) < 4.78 is 35.9. The van der Waals surface area contributed by atoms with Gasteiger partial charge in [0.1, 0.15) is 5.76 Å². The normalized spacial score (nSPS) is 12.0. The maximum Gasteiger partial charge on any atom is 0.276 e. The van der Waals surface area contributed by atoms with Crippen LogP contribution in [0.4, 0.5) is 0 Å². The van der Waals surface area contributed by atoms with Gasteiger partial charge in [0.2, 0.25) is 5.09 Å². The molecule has 0 aliphatic heterocycles. The Kier molecular flexibility index (Phi) is 6.41. The Morgan fingerprint density at radius 1 is 1.50 bits per heavy atom. The number of ether oxygens (including phenoxy) is 1. The molecule has 0 saturated heterocycles. The highest BCUT2D eigenvalue weighted by molar-refractivity contribution is 7.89. The molecule has 1 heterocycles. The molecule has 0 saturated carbocycles. The van der Waals surface area contributed by atoms with E-state index in [0.29, 0.717) is 25.5 Å². The van der Waals surface area contributed by atoms with E-state index in [2.05, 4.69) is 11.9 Å². The Bertz CT molecular complexity index is 536. The molecule has 20 heavy (non-hydrogen) atoms. The molecule has 1 aromatic rings. The van der Waals surface area contributed by atoms with Gasteiger partial charge in [-0.2, -0.15) is 4.31 Å². The van der Waals surface area contributed by atoms with Crippen LogP contribution in [0.1, 0.15) is 12.7 Å². The lowest BCUT2D eigenvalue weighted by Crippen LogP contribution is -2.28. The lowest BCUT2D eigenvalue weighted by molar-refractivity contribution is 0.198. The molecule has 0 aliphatic rings. The molecule has 0 spiro atoms. The molecule has 7 heteroatoms. The molecule has 0 amide bonds. The van der Waals surface area contributed by atoms with Crippen molar-refractivity contribution in [2.75, 3.05) is 33.9 Å². The number of nitrogens with one attached hydrogen (secondary N) is 1. The smallest absolute Gasteiger partial charge is 0.276 e. The third-order valence-corrected chi connectivity index (χ3v) is 4.25. The number of rotatable bonds is 9. The van der Waals surface area contributed by atoms with Crippen LogP contribution < -0.4 is 5.32 Å². The average molecular weight is 302 g/mol. The highest BCUT2D eigenvalue weighted by Gasteiger charge is 2.24. The summed E-state index contributed by atoms with van der Waals surface area (Å²) in [6.07, 6.45) is 0. The first-order valence-corrected chi connectivity index (χ1v) is 7.71. The number of methoxy groups -OCH3 is 1. The van der Waals surface area contributed by atoms with Crippen molar-refractivity contribution < 1.29 is 17.6 Å². The van der Waals surface area contributed by atoms with Gasteiger partial charge in [0.25, 0.3) is 10.0 Å². The second-order valence-corrected chi connectivity index (χ2v) is 6.58. The summed E-state index contributed by atoms with van der Waals surface area (Å²) in [5, 5.41) is 3.04. The van der Waals surface area contributed by atoms with Gasteiger partial charge in [0.15, 0.2) is 0 Å². The molecular weight excluding hydrogens is 280 g/mol. The highest BCUT2D eigenvalue weighted by atomic mass is 32.2. The SMILES string of the molecule is C=C(C)CN(C)S(=O)(=O)c1ccc(CNCCOC)o1. The van der Waals surface area contributed by atoms with Gasteiger partial charge in [-0.25, -0.2) is 8.42 Å². The van der Waals surface area contributed by atoms with Gasteiger partial charge in [0.05, 0.1) is 13.2 Å². The molecule has 0 unspecified atom stereocenters. The van der Waals surface area contributed by atoms with E-state index in [0.717, 1.165) is 5.57 Å². The lowest BCUT2D eigenvalue weighted by Gasteiger charge is -2.15. The molecule has 1 aromatic heterocycles. The summed E-state index contributed by atoms with van der Waals surface area (Å²) in [5.41, 5.74) is 0.768. The topological polar surface area (TPSA) is 71.8 Å². The quantitative estimate of drug-likeness (QED) is 0.548. The number of furan rings is 1. The Morgan fingerprint density at radius 2 is 2.20 bits per heavy atom. The van der Waals surface area contributed by atoms with E-state index in [4.69, 9.17) is 9.15 Å². The predicted molar refractivity (Wildman–Crippen MR) is 76.9 cm³/mol. The summed E-state index contributed by atoms with van der Waals surface area (Å²) >= 11 is 0. The zero-order valence-corrected chi connectivity index (χ0v) is 13.0. The standard InChI is InChI=1S/C13H22N2O4S/c1-11(2)10-15(3)20(16,17)13-6-5-12(19-13)9-14-7-8-18-4/h5-6,14H,1,7-10H2,2-4H3. The minimum Gasteiger partial charge on any atom is -0.447 e. The molecule has 114 valence electrons. The van der Waals surface area contributed by atoms with Gasteiger partial charge in [-0.3, -0.25) is 0 Å². The molecule has 0 atom stereocenters. The van der Waals surface area contributed by atoms with Crippen LogP contribution >= 0.6 is 0 Å². The first kappa shape index (κ1) is 16.9. The molecule has 6 nitrogen and oxygen atoms in total. The lowest BCUT2D eigenvalue weighted by atomic mass is 10.4. The van der Waals surface area contributed by atoms with Gasteiger partial charge in [-0.05, 0) is 19.1 Å². The Balaban J connectivity index is 2.67. The van der Waals surface area contributed by atoms with Crippen molar-refractivity contribution in [3.8, 4) is 0 Å². The van der Waals surface area contributed by atoms with E-state index in [1.165, 1.54) is 17.4 Å². The second-order valence-electron chi connectivity index (χ2n) is 4.61.